The Labute approximate surface area is 127 Å². The van der Waals surface area contributed by atoms with Gasteiger partial charge in [-0.25, -0.2) is 0 Å². The monoisotopic (exact) mass is 286 g/mol. The number of amides is 1. The number of benzene rings is 1. The van der Waals surface area contributed by atoms with Gasteiger partial charge in [-0.3, -0.25) is 4.79 Å². The molecule has 21 heavy (non-hydrogen) atoms. The van der Waals surface area contributed by atoms with Gasteiger partial charge in [0.25, 0.3) is 0 Å². The lowest BCUT2D eigenvalue weighted by atomic mass is 9.89. The number of likely N-dealkylation sites (tertiary alicyclic amines) is 1. The minimum atomic E-state index is 0.240. The van der Waals surface area contributed by atoms with Gasteiger partial charge in [0, 0.05) is 19.1 Å². The Morgan fingerprint density at radius 1 is 1.14 bits per heavy atom. The Bertz CT molecular complexity index is 506. The second-order valence-electron chi connectivity index (χ2n) is 6.43. The molecule has 1 saturated heterocycles. The van der Waals surface area contributed by atoms with Crippen LogP contribution in [0.1, 0.15) is 55.3 Å². The van der Waals surface area contributed by atoms with Crippen molar-refractivity contribution in [2.45, 2.75) is 51.5 Å². The molecule has 3 heteroatoms. The quantitative estimate of drug-likeness (QED) is 0.923. The first-order valence-electron chi connectivity index (χ1n) is 8.37. The topological polar surface area (TPSA) is 32.3 Å². The fourth-order valence-corrected chi connectivity index (χ4v) is 3.46. The molecule has 1 amide bonds. The second kappa shape index (κ2) is 6.61. The number of hydrogen-bond acceptors (Lipinski definition) is 2. The minimum absolute atomic E-state index is 0.240. The normalized spacial score (nSPS) is 19.4. The molecular formula is C18H26N2O. The molecule has 1 N–H and O–H groups in total. The largest absolute Gasteiger partial charge is 0.342 e. The van der Waals surface area contributed by atoms with E-state index in [4.69, 9.17) is 0 Å². The van der Waals surface area contributed by atoms with Crippen LogP contribution in [0.3, 0.4) is 0 Å². The molecule has 0 bridgehead atoms. The van der Waals surface area contributed by atoms with E-state index in [9.17, 15) is 4.79 Å². The van der Waals surface area contributed by atoms with Gasteiger partial charge in [0.2, 0.25) is 5.91 Å². The Morgan fingerprint density at radius 2 is 1.86 bits per heavy atom. The highest BCUT2D eigenvalue weighted by Crippen LogP contribution is 2.24. The summed E-state index contributed by atoms with van der Waals surface area (Å²) in [6.07, 6.45) is 7.39. The number of fused-ring (bicyclic) bond motifs is 1. The Hall–Kier alpha value is -1.35. The molecule has 1 aliphatic heterocycles. The van der Waals surface area contributed by atoms with Crippen molar-refractivity contribution in [3.63, 3.8) is 0 Å². The highest BCUT2D eigenvalue weighted by Gasteiger charge is 2.18. The fourth-order valence-electron chi connectivity index (χ4n) is 3.46. The van der Waals surface area contributed by atoms with E-state index >= 15 is 0 Å². The van der Waals surface area contributed by atoms with E-state index in [1.54, 1.807) is 0 Å². The van der Waals surface area contributed by atoms with Crippen molar-refractivity contribution in [1.82, 2.24) is 10.2 Å². The van der Waals surface area contributed by atoms with Crippen molar-refractivity contribution in [2.24, 2.45) is 0 Å². The summed E-state index contributed by atoms with van der Waals surface area (Å²) in [5, 5.41) is 3.39. The zero-order valence-corrected chi connectivity index (χ0v) is 13.0. The van der Waals surface area contributed by atoms with Gasteiger partial charge in [-0.1, -0.05) is 18.2 Å². The zero-order valence-electron chi connectivity index (χ0n) is 13.0. The zero-order chi connectivity index (χ0) is 14.7. The number of carbonyl (C=O) groups excluding carboxylic acids is 1. The van der Waals surface area contributed by atoms with Crippen molar-refractivity contribution >= 4 is 5.91 Å². The lowest BCUT2D eigenvalue weighted by Gasteiger charge is -2.21. The molecule has 1 unspecified atom stereocenters. The third-order valence-corrected chi connectivity index (χ3v) is 4.89. The highest BCUT2D eigenvalue weighted by atomic mass is 16.2. The van der Waals surface area contributed by atoms with Crippen molar-refractivity contribution in [2.75, 3.05) is 19.6 Å². The van der Waals surface area contributed by atoms with Gasteiger partial charge in [-0.15, -0.1) is 0 Å². The van der Waals surface area contributed by atoms with Crippen LogP contribution in [0.25, 0.3) is 0 Å². The Kier molecular flexibility index (Phi) is 4.59. The van der Waals surface area contributed by atoms with Crippen molar-refractivity contribution in [3.05, 3.63) is 34.9 Å². The summed E-state index contributed by atoms with van der Waals surface area (Å²) < 4.78 is 0. The summed E-state index contributed by atoms with van der Waals surface area (Å²) in [4.78, 5) is 14.1. The fraction of sp³-hybridized carbons (Fsp3) is 0.611. The molecule has 1 aromatic rings. The number of aryl methyl sites for hydroxylation is 2. The van der Waals surface area contributed by atoms with Crippen LogP contribution >= 0.6 is 0 Å². The van der Waals surface area contributed by atoms with Crippen LogP contribution < -0.4 is 5.32 Å². The Morgan fingerprint density at radius 3 is 2.62 bits per heavy atom. The molecule has 1 heterocycles. The highest BCUT2D eigenvalue weighted by molar-refractivity contribution is 5.78. The third kappa shape index (κ3) is 3.46. The van der Waals surface area contributed by atoms with Crippen LogP contribution in [0, 0.1) is 0 Å². The predicted molar refractivity (Wildman–Crippen MR) is 85.3 cm³/mol. The van der Waals surface area contributed by atoms with Crippen LogP contribution in [0.4, 0.5) is 0 Å². The lowest BCUT2D eigenvalue weighted by molar-refractivity contribution is -0.129. The summed E-state index contributed by atoms with van der Waals surface area (Å²) >= 11 is 0. The van der Waals surface area contributed by atoms with Gasteiger partial charge >= 0.3 is 0 Å². The molecule has 1 fully saturated rings. The number of hydrogen-bond donors (Lipinski definition) is 1. The molecular weight excluding hydrogens is 260 g/mol. The number of rotatable bonds is 4. The van der Waals surface area contributed by atoms with E-state index in [2.05, 4.69) is 30.4 Å². The third-order valence-electron chi connectivity index (χ3n) is 4.89. The number of nitrogens with one attached hydrogen (secondary N) is 1. The molecule has 1 aliphatic carbocycles. The molecule has 2 aliphatic rings. The van der Waals surface area contributed by atoms with Crippen LogP contribution in [-0.2, 0) is 17.6 Å². The van der Waals surface area contributed by atoms with Gasteiger partial charge in [0.05, 0.1) is 6.54 Å². The minimum Gasteiger partial charge on any atom is -0.342 e. The summed E-state index contributed by atoms with van der Waals surface area (Å²) in [5.74, 6) is 0.248. The Balaban J connectivity index is 1.57. The summed E-state index contributed by atoms with van der Waals surface area (Å²) in [5.41, 5.74) is 4.34. The maximum Gasteiger partial charge on any atom is 0.236 e. The SMILES string of the molecule is CC(NCC(=O)N1CCCC1)c1ccc2c(c1)CCCC2. The van der Waals surface area contributed by atoms with Gasteiger partial charge in [-0.2, -0.15) is 0 Å². The van der Waals surface area contributed by atoms with Crippen LogP contribution in [0.2, 0.25) is 0 Å². The standard InChI is InChI=1S/C18H26N2O/c1-14(19-13-18(21)20-10-4-5-11-20)16-9-8-15-6-2-3-7-17(15)12-16/h8-9,12,14,19H,2-7,10-11,13H2,1H3. The first-order chi connectivity index (χ1) is 10.2. The molecule has 0 saturated carbocycles. The first-order valence-corrected chi connectivity index (χ1v) is 8.37. The molecule has 0 radical (unpaired) electrons. The summed E-state index contributed by atoms with van der Waals surface area (Å²) in [6.45, 7) is 4.49. The maximum absolute atomic E-state index is 12.1. The molecule has 3 nitrogen and oxygen atoms in total. The van der Waals surface area contributed by atoms with Gasteiger partial charge in [-0.05, 0) is 62.1 Å². The van der Waals surface area contributed by atoms with Crippen LogP contribution in [-0.4, -0.2) is 30.4 Å². The number of carbonyl (C=O) groups is 1. The molecule has 0 aromatic heterocycles. The first kappa shape index (κ1) is 14.6. The molecule has 3 rings (SSSR count). The average Bonchev–Trinajstić information content (AvgIpc) is 3.06. The molecule has 1 aromatic carbocycles. The van der Waals surface area contributed by atoms with Crippen molar-refractivity contribution in [3.8, 4) is 0 Å². The second-order valence-corrected chi connectivity index (χ2v) is 6.43. The molecule has 0 spiro atoms. The molecule has 1 atom stereocenters. The summed E-state index contributed by atoms with van der Waals surface area (Å²) in [6, 6.07) is 7.09. The van der Waals surface area contributed by atoms with Crippen LogP contribution in [0.15, 0.2) is 18.2 Å². The van der Waals surface area contributed by atoms with E-state index in [-0.39, 0.29) is 11.9 Å². The van der Waals surface area contributed by atoms with Crippen LogP contribution in [0.5, 0.6) is 0 Å². The predicted octanol–water partition coefficient (Wildman–Crippen LogP) is 2.84. The van der Waals surface area contributed by atoms with Gasteiger partial charge in [0.15, 0.2) is 0 Å². The maximum atomic E-state index is 12.1. The smallest absolute Gasteiger partial charge is 0.236 e. The molecule has 114 valence electrons. The number of nitrogens with zero attached hydrogens (tertiary/aromatic N) is 1. The van der Waals surface area contributed by atoms with E-state index in [1.807, 2.05) is 4.90 Å². The van der Waals surface area contributed by atoms with Crippen molar-refractivity contribution in [1.29, 1.82) is 0 Å². The summed E-state index contributed by atoms with van der Waals surface area (Å²) in [7, 11) is 0. The van der Waals surface area contributed by atoms with Crippen molar-refractivity contribution < 1.29 is 4.79 Å². The van der Waals surface area contributed by atoms with E-state index in [0.717, 1.165) is 25.9 Å². The lowest BCUT2D eigenvalue weighted by Crippen LogP contribution is -2.37. The van der Waals surface area contributed by atoms with E-state index < -0.39 is 0 Å². The van der Waals surface area contributed by atoms with Gasteiger partial charge in [0.1, 0.15) is 0 Å². The average molecular weight is 286 g/mol. The van der Waals surface area contributed by atoms with E-state index in [0.29, 0.717) is 6.54 Å². The van der Waals surface area contributed by atoms with Gasteiger partial charge < -0.3 is 10.2 Å². The van der Waals surface area contributed by atoms with E-state index in [1.165, 1.54) is 42.4 Å².